The molecule has 1 aromatic rings. The number of pyridine rings is 1. The molecule has 4 nitrogen and oxygen atoms in total. The molecule has 0 saturated carbocycles. The second kappa shape index (κ2) is 6.04. The summed E-state index contributed by atoms with van der Waals surface area (Å²) in [5, 5.41) is 3.14. The van der Waals surface area contributed by atoms with Crippen molar-refractivity contribution in [2.75, 3.05) is 25.0 Å². The summed E-state index contributed by atoms with van der Waals surface area (Å²) in [5.74, 6) is 2.18. The highest BCUT2D eigenvalue weighted by Crippen LogP contribution is 2.25. The topological polar surface area (TPSA) is 45.2 Å². The zero-order chi connectivity index (χ0) is 13.8. The second-order valence-corrected chi connectivity index (χ2v) is 5.50. The summed E-state index contributed by atoms with van der Waals surface area (Å²) in [4.78, 5) is 18.6. The summed E-state index contributed by atoms with van der Waals surface area (Å²) < 4.78 is 0. The van der Waals surface area contributed by atoms with Crippen LogP contribution in [0.3, 0.4) is 0 Å². The molecule has 4 heteroatoms. The first-order valence-corrected chi connectivity index (χ1v) is 7.11. The Morgan fingerprint density at radius 3 is 3.00 bits per heavy atom. The minimum absolute atomic E-state index is 0.129. The number of rotatable bonds is 4. The van der Waals surface area contributed by atoms with Crippen molar-refractivity contribution < 1.29 is 4.79 Å². The Hall–Kier alpha value is -1.58. The van der Waals surface area contributed by atoms with E-state index in [9.17, 15) is 4.79 Å². The molecule has 2 rings (SSSR count). The number of aromatic nitrogens is 1. The quantitative estimate of drug-likeness (QED) is 0.906. The van der Waals surface area contributed by atoms with Crippen LogP contribution >= 0.6 is 0 Å². The smallest absolute Gasteiger partial charge is 0.254 e. The van der Waals surface area contributed by atoms with Gasteiger partial charge in [0.15, 0.2) is 0 Å². The maximum atomic E-state index is 12.4. The summed E-state index contributed by atoms with van der Waals surface area (Å²) in [6.07, 6.45) is 2.82. The fourth-order valence-electron chi connectivity index (χ4n) is 2.54. The second-order valence-electron chi connectivity index (χ2n) is 5.50. The Balaban J connectivity index is 2.06. The molecule has 0 radical (unpaired) electrons. The molecule has 1 N–H and O–H groups in total. The van der Waals surface area contributed by atoms with Crippen LogP contribution in [0.1, 0.15) is 37.6 Å². The predicted molar refractivity (Wildman–Crippen MR) is 77.2 cm³/mol. The van der Waals surface area contributed by atoms with Crippen molar-refractivity contribution in [2.45, 2.75) is 27.2 Å². The molecule has 2 heterocycles. The number of nitrogens with one attached hydrogen (secondary N) is 1. The third-order valence-electron chi connectivity index (χ3n) is 3.82. The highest BCUT2D eigenvalue weighted by Gasteiger charge is 2.28. The molecule has 1 unspecified atom stereocenters. The van der Waals surface area contributed by atoms with Gasteiger partial charge in [-0.2, -0.15) is 0 Å². The van der Waals surface area contributed by atoms with E-state index in [0.717, 1.165) is 37.4 Å². The molecule has 1 amide bonds. The van der Waals surface area contributed by atoms with Gasteiger partial charge in [-0.05, 0) is 37.3 Å². The third-order valence-corrected chi connectivity index (χ3v) is 3.82. The van der Waals surface area contributed by atoms with E-state index in [1.165, 1.54) is 0 Å². The molecule has 1 aromatic heterocycles. The minimum atomic E-state index is 0.129. The van der Waals surface area contributed by atoms with Gasteiger partial charge in [-0.15, -0.1) is 0 Å². The number of likely N-dealkylation sites (tertiary alicyclic amines) is 1. The fourth-order valence-corrected chi connectivity index (χ4v) is 2.54. The molecule has 1 atom stereocenters. The number of carbonyl (C=O) groups is 1. The summed E-state index contributed by atoms with van der Waals surface area (Å²) in [6, 6.07) is 3.64. The predicted octanol–water partition coefficient (Wildman–Crippen LogP) is 2.63. The molecule has 1 fully saturated rings. The highest BCUT2D eigenvalue weighted by atomic mass is 16.2. The largest absolute Gasteiger partial charge is 0.370 e. The van der Waals surface area contributed by atoms with Gasteiger partial charge < -0.3 is 10.2 Å². The van der Waals surface area contributed by atoms with Crippen molar-refractivity contribution in [3.05, 3.63) is 23.9 Å². The van der Waals surface area contributed by atoms with Crippen LogP contribution in [0, 0.1) is 11.8 Å². The summed E-state index contributed by atoms with van der Waals surface area (Å²) in [7, 11) is 0. The van der Waals surface area contributed by atoms with Crippen molar-refractivity contribution >= 4 is 11.7 Å². The lowest BCUT2D eigenvalue weighted by molar-refractivity contribution is 0.0784. The van der Waals surface area contributed by atoms with Gasteiger partial charge >= 0.3 is 0 Å². The Labute approximate surface area is 115 Å². The van der Waals surface area contributed by atoms with Gasteiger partial charge in [0.25, 0.3) is 5.91 Å². The number of hydrogen-bond acceptors (Lipinski definition) is 3. The first-order chi connectivity index (χ1) is 9.11. The highest BCUT2D eigenvalue weighted by molar-refractivity contribution is 5.95. The lowest BCUT2D eigenvalue weighted by Crippen LogP contribution is -2.29. The van der Waals surface area contributed by atoms with Crippen molar-refractivity contribution in [3.8, 4) is 0 Å². The van der Waals surface area contributed by atoms with Gasteiger partial charge in [-0.1, -0.05) is 13.8 Å². The van der Waals surface area contributed by atoms with E-state index in [1.54, 1.807) is 12.3 Å². The molecule has 0 bridgehead atoms. The van der Waals surface area contributed by atoms with E-state index in [0.29, 0.717) is 11.8 Å². The van der Waals surface area contributed by atoms with E-state index >= 15 is 0 Å². The van der Waals surface area contributed by atoms with Crippen molar-refractivity contribution in [2.24, 2.45) is 11.8 Å². The van der Waals surface area contributed by atoms with Crippen LogP contribution in [0.5, 0.6) is 0 Å². The van der Waals surface area contributed by atoms with Gasteiger partial charge in [0.05, 0.1) is 0 Å². The Morgan fingerprint density at radius 2 is 2.37 bits per heavy atom. The number of hydrogen-bond donors (Lipinski definition) is 1. The van der Waals surface area contributed by atoms with Crippen LogP contribution in [-0.2, 0) is 0 Å². The number of anilines is 1. The van der Waals surface area contributed by atoms with Crippen molar-refractivity contribution in [1.82, 2.24) is 9.88 Å². The summed E-state index contributed by atoms with van der Waals surface area (Å²) in [5.41, 5.74) is 0.732. The standard InChI is InChI=1S/C15H23N3O/c1-4-16-14-9-12(5-7-17-14)15(19)18-8-6-13(10-18)11(2)3/h5,7,9,11,13H,4,6,8,10H2,1-3H3,(H,16,17). The van der Waals surface area contributed by atoms with E-state index < -0.39 is 0 Å². The molecular formula is C15H23N3O. The molecule has 0 aromatic carbocycles. The SMILES string of the molecule is CCNc1cc(C(=O)N2CCC(C(C)C)C2)ccn1. The van der Waals surface area contributed by atoms with Crippen LogP contribution in [0.2, 0.25) is 0 Å². The van der Waals surface area contributed by atoms with Crippen LogP contribution in [0.15, 0.2) is 18.3 Å². The molecule has 1 aliphatic rings. The van der Waals surface area contributed by atoms with Gasteiger partial charge in [-0.25, -0.2) is 4.98 Å². The number of nitrogens with zero attached hydrogens (tertiary/aromatic N) is 2. The van der Waals surface area contributed by atoms with E-state index in [4.69, 9.17) is 0 Å². The average molecular weight is 261 g/mol. The maximum Gasteiger partial charge on any atom is 0.254 e. The zero-order valence-electron chi connectivity index (χ0n) is 12.0. The van der Waals surface area contributed by atoms with Gasteiger partial charge in [-0.3, -0.25) is 4.79 Å². The first-order valence-electron chi connectivity index (χ1n) is 7.11. The normalized spacial score (nSPS) is 18.9. The molecule has 0 spiro atoms. The zero-order valence-corrected chi connectivity index (χ0v) is 12.0. The average Bonchev–Trinajstić information content (AvgIpc) is 2.88. The van der Waals surface area contributed by atoms with Crippen molar-refractivity contribution in [3.63, 3.8) is 0 Å². The molecule has 1 saturated heterocycles. The van der Waals surface area contributed by atoms with E-state index in [2.05, 4.69) is 24.1 Å². The minimum Gasteiger partial charge on any atom is -0.370 e. The maximum absolute atomic E-state index is 12.4. The Kier molecular flexibility index (Phi) is 4.40. The van der Waals surface area contributed by atoms with Gasteiger partial charge in [0.1, 0.15) is 5.82 Å². The number of carbonyl (C=O) groups excluding carboxylic acids is 1. The number of amides is 1. The Bertz CT molecular complexity index is 445. The van der Waals surface area contributed by atoms with E-state index in [1.807, 2.05) is 17.9 Å². The fraction of sp³-hybridized carbons (Fsp3) is 0.600. The monoisotopic (exact) mass is 261 g/mol. The van der Waals surface area contributed by atoms with Crippen LogP contribution in [0.25, 0.3) is 0 Å². The van der Waals surface area contributed by atoms with Crippen molar-refractivity contribution in [1.29, 1.82) is 0 Å². The molecular weight excluding hydrogens is 238 g/mol. The van der Waals surface area contributed by atoms with Crippen LogP contribution in [-0.4, -0.2) is 35.4 Å². The molecule has 19 heavy (non-hydrogen) atoms. The third kappa shape index (κ3) is 3.25. The summed E-state index contributed by atoms with van der Waals surface area (Å²) in [6.45, 7) is 9.05. The van der Waals surface area contributed by atoms with Crippen LogP contribution in [0.4, 0.5) is 5.82 Å². The molecule has 104 valence electrons. The Morgan fingerprint density at radius 1 is 1.58 bits per heavy atom. The van der Waals surface area contributed by atoms with E-state index in [-0.39, 0.29) is 5.91 Å². The van der Waals surface area contributed by atoms with Gasteiger partial charge in [0.2, 0.25) is 0 Å². The van der Waals surface area contributed by atoms with Gasteiger partial charge in [0, 0.05) is 31.4 Å². The summed E-state index contributed by atoms with van der Waals surface area (Å²) >= 11 is 0. The molecule has 0 aliphatic carbocycles. The van der Waals surface area contributed by atoms with Crippen LogP contribution < -0.4 is 5.32 Å². The molecule has 1 aliphatic heterocycles. The lowest BCUT2D eigenvalue weighted by atomic mass is 9.95. The first kappa shape index (κ1) is 13.8. The lowest BCUT2D eigenvalue weighted by Gasteiger charge is -2.18.